The Morgan fingerprint density at radius 2 is 1.85 bits per heavy atom. The fraction of sp³-hybridized carbons (Fsp3) is 0.0625. The molecule has 0 saturated carbocycles. The highest BCUT2D eigenvalue weighted by atomic mass is 79.9. The summed E-state index contributed by atoms with van der Waals surface area (Å²) in [4.78, 5) is 11.4. The lowest BCUT2D eigenvalue weighted by Crippen LogP contribution is -1.95. The topological polar surface area (TPSA) is 50.4 Å². The molecule has 1 N–H and O–H groups in total. The Bertz CT molecular complexity index is 800. The van der Waals surface area contributed by atoms with E-state index in [2.05, 4.69) is 15.9 Å². The fourth-order valence-electron chi connectivity index (χ4n) is 2.27. The van der Waals surface area contributed by atoms with Gasteiger partial charge in [0.25, 0.3) is 0 Å². The SMILES string of the molecule is Cc1ccc2oc(C(=O)O)c(-c3ccc(Br)cc3)c2c1. The first kappa shape index (κ1) is 12.9. The minimum Gasteiger partial charge on any atom is -0.475 e. The van der Waals surface area contributed by atoms with Gasteiger partial charge in [-0.2, -0.15) is 0 Å². The molecule has 0 aliphatic heterocycles. The lowest BCUT2D eigenvalue weighted by molar-refractivity contribution is 0.0666. The van der Waals surface area contributed by atoms with Gasteiger partial charge in [0.2, 0.25) is 5.76 Å². The first-order valence-corrected chi connectivity index (χ1v) is 6.88. The van der Waals surface area contributed by atoms with Crippen molar-refractivity contribution in [1.29, 1.82) is 0 Å². The van der Waals surface area contributed by atoms with Crippen LogP contribution in [0.15, 0.2) is 51.4 Å². The summed E-state index contributed by atoms with van der Waals surface area (Å²) < 4.78 is 6.44. The monoisotopic (exact) mass is 330 g/mol. The summed E-state index contributed by atoms with van der Waals surface area (Å²) in [5, 5.41) is 10.2. The third-order valence-electron chi connectivity index (χ3n) is 3.17. The second-order valence-electron chi connectivity index (χ2n) is 4.62. The van der Waals surface area contributed by atoms with Crippen molar-refractivity contribution in [2.24, 2.45) is 0 Å². The maximum Gasteiger partial charge on any atom is 0.372 e. The summed E-state index contributed by atoms with van der Waals surface area (Å²) in [5.41, 5.74) is 3.11. The van der Waals surface area contributed by atoms with E-state index in [9.17, 15) is 9.90 Å². The van der Waals surface area contributed by atoms with Gasteiger partial charge in [0.1, 0.15) is 5.58 Å². The maximum atomic E-state index is 11.4. The van der Waals surface area contributed by atoms with Gasteiger partial charge in [-0.05, 0) is 36.8 Å². The first-order valence-electron chi connectivity index (χ1n) is 6.08. The number of rotatable bonds is 2. The van der Waals surface area contributed by atoms with Gasteiger partial charge >= 0.3 is 5.97 Å². The average Bonchev–Trinajstić information content (AvgIpc) is 2.78. The van der Waals surface area contributed by atoms with Crippen LogP contribution in [0.1, 0.15) is 16.1 Å². The van der Waals surface area contributed by atoms with Gasteiger partial charge in [0, 0.05) is 15.4 Å². The number of halogens is 1. The molecule has 1 aromatic heterocycles. The Kier molecular flexibility index (Phi) is 3.10. The molecule has 100 valence electrons. The number of aryl methyl sites for hydroxylation is 1. The number of carbonyl (C=O) groups is 1. The van der Waals surface area contributed by atoms with Crippen LogP contribution < -0.4 is 0 Å². The number of hydrogen-bond donors (Lipinski definition) is 1. The van der Waals surface area contributed by atoms with E-state index in [0.717, 1.165) is 21.0 Å². The van der Waals surface area contributed by atoms with Crippen LogP contribution in [0.2, 0.25) is 0 Å². The van der Waals surface area contributed by atoms with Crippen molar-refractivity contribution in [1.82, 2.24) is 0 Å². The Morgan fingerprint density at radius 3 is 2.50 bits per heavy atom. The lowest BCUT2D eigenvalue weighted by atomic mass is 10.0. The van der Waals surface area contributed by atoms with E-state index < -0.39 is 5.97 Å². The zero-order valence-corrected chi connectivity index (χ0v) is 12.3. The molecule has 0 aliphatic rings. The van der Waals surface area contributed by atoms with Gasteiger partial charge in [-0.25, -0.2) is 4.79 Å². The maximum absolute atomic E-state index is 11.4. The van der Waals surface area contributed by atoms with Crippen LogP contribution >= 0.6 is 15.9 Å². The van der Waals surface area contributed by atoms with Gasteiger partial charge in [0.05, 0.1) is 0 Å². The van der Waals surface area contributed by atoms with Crippen molar-refractivity contribution >= 4 is 32.9 Å². The van der Waals surface area contributed by atoms with Gasteiger partial charge in [-0.3, -0.25) is 0 Å². The number of hydrogen-bond acceptors (Lipinski definition) is 2. The van der Waals surface area contributed by atoms with Crippen LogP contribution in [-0.2, 0) is 0 Å². The predicted molar refractivity (Wildman–Crippen MR) is 81.0 cm³/mol. The Balaban J connectivity index is 2.36. The molecule has 4 heteroatoms. The summed E-state index contributed by atoms with van der Waals surface area (Å²) >= 11 is 3.38. The zero-order valence-electron chi connectivity index (χ0n) is 10.7. The molecule has 0 bridgehead atoms. The minimum atomic E-state index is -1.06. The molecule has 20 heavy (non-hydrogen) atoms. The number of carboxylic acids is 1. The van der Waals surface area contributed by atoms with E-state index in [4.69, 9.17) is 4.42 Å². The van der Waals surface area contributed by atoms with Crippen molar-refractivity contribution in [2.75, 3.05) is 0 Å². The van der Waals surface area contributed by atoms with E-state index in [0.29, 0.717) is 11.1 Å². The van der Waals surface area contributed by atoms with E-state index in [1.165, 1.54) is 0 Å². The van der Waals surface area contributed by atoms with E-state index in [1.54, 1.807) is 6.07 Å². The van der Waals surface area contributed by atoms with Crippen LogP contribution in [0.5, 0.6) is 0 Å². The summed E-state index contributed by atoms with van der Waals surface area (Å²) in [6.45, 7) is 1.97. The van der Waals surface area contributed by atoms with Gasteiger partial charge in [-0.15, -0.1) is 0 Å². The predicted octanol–water partition coefficient (Wildman–Crippen LogP) is 4.87. The van der Waals surface area contributed by atoms with Crippen LogP contribution in [-0.4, -0.2) is 11.1 Å². The summed E-state index contributed by atoms with van der Waals surface area (Å²) in [6, 6.07) is 13.2. The molecule has 3 rings (SSSR count). The largest absolute Gasteiger partial charge is 0.475 e. The second-order valence-corrected chi connectivity index (χ2v) is 5.53. The third-order valence-corrected chi connectivity index (χ3v) is 3.70. The van der Waals surface area contributed by atoms with Gasteiger partial charge in [0.15, 0.2) is 0 Å². The van der Waals surface area contributed by atoms with E-state index >= 15 is 0 Å². The molecule has 0 amide bonds. The molecular weight excluding hydrogens is 320 g/mol. The number of aromatic carboxylic acids is 1. The second kappa shape index (κ2) is 4.80. The molecule has 0 radical (unpaired) electrons. The molecule has 3 aromatic rings. The molecule has 2 aromatic carbocycles. The molecule has 3 nitrogen and oxygen atoms in total. The molecular formula is C16H11BrO3. The summed E-state index contributed by atoms with van der Waals surface area (Å²) in [6.07, 6.45) is 0. The van der Waals surface area contributed by atoms with Crippen molar-refractivity contribution < 1.29 is 14.3 Å². The molecule has 0 spiro atoms. The number of fused-ring (bicyclic) bond motifs is 1. The number of carboxylic acid groups (broad SMARTS) is 1. The van der Waals surface area contributed by atoms with Crippen molar-refractivity contribution in [2.45, 2.75) is 6.92 Å². The normalized spacial score (nSPS) is 10.9. The molecule has 0 unspecified atom stereocenters. The first-order chi connectivity index (χ1) is 9.56. The summed E-state index contributed by atoms with van der Waals surface area (Å²) in [5.74, 6) is -1.08. The number of furan rings is 1. The molecule has 0 atom stereocenters. The highest BCUT2D eigenvalue weighted by molar-refractivity contribution is 9.10. The van der Waals surface area contributed by atoms with E-state index in [-0.39, 0.29) is 5.76 Å². The Labute approximate surface area is 124 Å². The Hall–Kier alpha value is -2.07. The molecule has 0 fully saturated rings. The zero-order chi connectivity index (χ0) is 14.3. The highest BCUT2D eigenvalue weighted by Gasteiger charge is 2.21. The van der Waals surface area contributed by atoms with Crippen LogP contribution in [0.3, 0.4) is 0 Å². The number of benzene rings is 2. The quantitative estimate of drug-likeness (QED) is 0.729. The third kappa shape index (κ3) is 2.12. The summed E-state index contributed by atoms with van der Waals surface area (Å²) in [7, 11) is 0. The van der Waals surface area contributed by atoms with Gasteiger partial charge < -0.3 is 9.52 Å². The van der Waals surface area contributed by atoms with Crippen LogP contribution in [0.4, 0.5) is 0 Å². The standard InChI is InChI=1S/C16H11BrO3/c1-9-2-7-13-12(8-9)14(15(20-13)16(18)19)10-3-5-11(17)6-4-10/h2-8H,1H3,(H,18,19). The fourth-order valence-corrected chi connectivity index (χ4v) is 2.53. The highest BCUT2D eigenvalue weighted by Crippen LogP contribution is 2.35. The molecule has 1 heterocycles. The van der Waals surface area contributed by atoms with Crippen molar-refractivity contribution in [3.05, 3.63) is 58.3 Å². The van der Waals surface area contributed by atoms with Crippen molar-refractivity contribution in [3.8, 4) is 11.1 Å². The minimum absolute atomic E-state index is 0.0204. The lowest BCUT2D eigenvalue weighted by Gasteiger charge is -2.01. The average molecular weight is 331 g/mol. The molecule has 0 saturated heterocycles. The van der Waals surface area contributed by atoms with Crippen LogP contribution in [0, 0.1) is 6.92 Å². The van der Waals surface area contributed by atoms with Crippen LogP contribution in [0.25, 0.3) is 22.1 Å². The van der Waals surface area contributed by atoms with Crippen molar-refractivity contribution in [3.63, 3.8) is 0 Å². The van der Waals surface area contributed by atoms with E-state index in [1.807, 2.05) is 43.3 Å². The molecule has 0 aliphatic carbocycles. The Morgan fingerprint density at radius 1 is 1.15 bits per heavy atom. The smallest absolute Gasteiger partial charge is 0.372 e. The van der Waals surface area contributed by atoms with Gasteiger partial charge in [-0.1, -0.05) is 39.7 Å².